The molecule has 0 bridgehead atoms. The Morgan fingerprint density at radius 3 is 2.27 bits per heavy atom. The molecular weight excluding hydrogens is 304 g/mol. The van der Waals surface area contributed by atoms with Crippen LogP contribution in [0.5, 0.6) is 0 Å². The number of aromatic amines is 1. The molecule has 1 aromatic carbocycles. The monoisotopic (exact) mass is 322 g/mol. The quantitative estimate of drug-likeness (QED) is 0.797. The molecule has 0 aliphatic rings. The van der Waals surface area contributed by atoms with Crippen molar-refractivity contribution in [3.63, 3.8) is 0 Å². The maximum absolute atomic E-state index is 12.2. The van der Waals surface area contributed by atoms with E-state index >= 15 is 0 Å². The second-order valence-corrected chi connectivity index (χ2v) is 7.49. The van der Waals surface area contributed by atoms with Crippen LogP contribution in [0, 0.1) is 0 Å². The predicted molar refractivity (Wildman–Crippen MR) is 83.1 cm³/mol. The van der Waals surface area contributed by atoms with Gasteiger partial charge in [0.1, 0.15) is 5.82 Å². The van der Waals surface area contributed by atoms with Crippen LogP contribution < -0.4 is 10.0 Å². The van der Waals surface area contributed by atoms with Gasteiger partial charge in [0.15, 0.2) is 0 Å². The van der Waals surface area contributed by atoms with E-state index in [4.69, 9.17) is 0 Å². The third kappa shape index (κ3) is 4.15. The van der Waals surface area contributed by atoms with Crippen molar-refractivity contribution in [3.8, 4) is 0 Å². The van der Waals surface area contributed by atoms with Gasteiger partial charge in [-0.3, -0.25) is 9.89 Å². The Bertz CT molecular complexity index is 744. The minimum atomic E-state index is -3.61. The van der Waals surface area contributed by atoms with Crippen molar-refractivity contribution in [2.75, 3.05) is 5.32 Å². The van der Waals surface area contributed by atoms with Gasteiger partial charge in [-0.25, -0.2) is 13.1 Å². The number of nitrogens with one attached hydrogen (secondary N) is 3. The summed E-state index contributed by atoms with van der Waals surface area (Å²) in [4.78, 5) is 12.1. The van der Waals surface area contributed by atoms with Gasteiger partial charge in [0.05, 0.1) is 11.1 Å². The number of aromatic nitrogens is 2. The van der Waals surface area contributed by atoms with Crippen molar-refractivity contribution in [1.82, 2.24) is 14.9 Å². The standard InChI is InChI=1S/C14H18N4O3S/c1-14(2,3)18-22(20,21)11-6-4-10(5-7-11)13(19)16-12-8-9-15-17-12/h4-9,18H,1-3H3,(H2,15,16,17,19). The molecule has 0 fully saturated rings. The largest absolute Gasteiger partial charge is 0.307 e. The molecule has 0 saturated heterocycles. The van der Waals surface area contributed by atoms with Crippen LogP contribution in [0.4, 0.5) is 5.82 Å². The van der Waals surface area contributed by atoms with E-state index in [2.05, 4.69) is 20.2 Å². The fraction of sp³-hybridized carbons (Fsp3) is 0.286. The van der Waals surface area contributed by atoms with Gasteiger partial charge >= 0.3 is 0 Å². The van der Waals surface area contributed by atoms with Crippen LogP contribution in [0.25, 0.3) is 0 Å². The SMILES string of the molecule is CC(C)(C)NS(=O)(=O)c1ccc(C(=O)Nc2ccn[nH]2)cc1. The third-order valence-corrected chi connectivity index (χ3v) is 4.39. The first-order chi connectivity index (χ1) is 10.2. The lowest BCUT2D eigenvalue weighted by molar-refractivity contribution is 0.102. The van der Waals surface area contributed by atoms with E-state index in [0.717, 1.165) is 0 Å². The van der Waals surface area contributed by atoms with E-state index in [0.29, 0.717) is 11.4 Å². The molecule has 1 aromatic heterocycles. The minimum absolute atomic E-state index is 0.112. The molecule has 1 heterocycles. The fourth-order valence-electron chi connectivity index (χ4n) is 1.77. The smallest absolute Gasteiger partial charge is 0.256 e. The summed E-state index contributed by atoms with van der Waals surface area (Å²) >= 11 is 0. The Morgan fingerprint density at radius 2 is 1.77 bits per heavy atom. The van der Waals surface area contributed by atoms with Gasteiger partial charge in [-0.1, -0.05) is 0 Å². The van der Waals surface area contributed by atoms with E-state index in [1.807, 2.05) is 0 Å². The molecule has 0 saturated carbocycles. The highest BCUT2D eigenvalue weighted by Gasteiger charge is 2.22. The van der Waals surface area contributed by atoms with Crippen molar-refractivity contribution in [3.05, 3.63) is 42.1 Å². The molecule has 8 heteroatoms. The molecule has 22 heavy (non-hydrogen) atoms. The molecule has 1 amide bonds. The second-order valence-electron chi connectivity index (χ2n) is 5.80. The van der Waals surface area contributed by atoms with Gasteiger partial charge in [-0.2, -0.15) is 5.10 Å². The number of benzene rings is 1. The number of carbonyl (C=O) groups excluding carboxylic acids is 1. The number of hydrogen-bond acceptors (Lipinski definition) is 4. The first kappa shape index (κ1) is 16.2. The molecule has 0 unspecified atom stereocenters. The van der Waals surface area contributed by atoms with Gasteiger partial charge in [-0.05, 0) is 45.0 Å². The van der Waals surface area contributed by atoms with Crippen molar-refractivity contribution in [1.29, 1.82) is 0 Å². The van der Waals surface area contributed by atoms with Crippen LogP contribution in [0.2, 0.25) is 0 Å². The topological polar surface area (TPSA) is 104 Å². The Hall–Kier alpha value is -2.19. The van der Waals surface area contributed by atoms with Crippen LogP contribution in [0.15, 0.2) is 41.4 Å². The number of anilines is 1. The van der Waals surface area contributed by atoms with E-state index in [1.165, 1.54) is 30.5 Å². The molecule has 0 aliphatic carbocycles. The molecule has 7 nitrogen and oxygen atoms in total. The van der Waals surface area contributed by atoms with Crippen molar-refractivity contribution in [2.45, 2.75) is 31.2 Å². The molecule has 0 spiro atoms. The zero-order valence-electron chi connectivity index (χ0n) is 12.5. The van der Waals surface area contributed by atoms with Crippen LogP contribution in [-0.4, -0.2) is 30.1 Å². The number of carbonyl (C=O) groups is 1. The predicted octanol–water partition coefficient (Wildman–Crippen LogP) is 1.74. The summed E-state index contributed by atoms with van der Waals surface area (Å²) in [5, 5.41) is 8.95. The molecule has 0 radical (unpaired) electrons. The summed E-state index contributed by atoms with van der Waals surface area (Å²) in [7, 11) is -3.61. The summed E-state index contributed by atoms with van der Waals surface area (Å²) in [6, 6.07) is 7.34. The average Bonchev–Trinajstić information content (AvgIpc) is 2.89. The fourth-order valence-corrected chi connectivity index (χ4v) is 3.19. The Balaban J connectivity index is 2.15. The Kier molecular flexibility index (Phi) is 4.34. The Morgan fingerprint density at radius 1 is 1.14 bits per heavy atom. The van der Waals surface area contributed by atoms with Gasteiger partial charge < -0.3 is 5.32 Å². The first-order valence-corrected chi connectivity index (χ1v) is 8.10. The summed E-state index contributed by atoms with van der Waals surface area (Å²) < 4.78 is 26.9. The lowest BCUT2D eigenvalue weighted by Crippen LogP contribution is -2.40. The number of nitrogens with zero attached hydrogens (tertiary/aromatic N) is 1. The van der Waals surface area contributed by atoms with Crippen LogP contribution in [0.1, 0.15) is 31.1 Å². The number of hydrogen-bond donors (Lipinski definition) is 3. The number of amides is 1. The number of rotatable bonds is 4. The highest BCUT2D eigenvalue weighted by atomic mass is 32.2. The third-order valence-electron chi connectivity index (χ3n) is 2.62. The summed E-state index contributed by atoms with van der Waals surface area (Å²) in [5.74, 6) is 0.119. The van der Waals surface area contributed by atoms with E-state index in [-0.39, 0.29) is 10.8 Å². The summed E-state index contributed by atoms with van der Waals surface area (Å²) in [5.41, 5.74) is -0.223. The highest BCUT2D eigenvalue weighted by Crippen LogP contribution is 2.14. The summed E-state index contributed by atoms with van der Waals surface area (Å²) in [6.07, 6.45) is 1.52. The van der Waals surface area contributed by atoms with Crippen LogP contribution in [0.3, 0.4) is 0 Å². The van der Waals surface area contributed by atoms with Crippen LogP contribution >= 0.6 is 0 Å². The molecule has 0 aliphatic heterocycles. The van der Waals surface area contributed by atoms with Crippen molar-refractivity contribution < 1.29 is 13.2 Å². The number of sulfonamides is 1. The zero-order valence-corrected chi connectivity index (χ0v) is 13.4. The van der Waals surface area contributed by atoms with Crippen molar-refractivity contribution >= 4 is 21.7 Å². The molecule has 3 N–H and O–H groups in total. The summed E-state index contributed by atoms with van der Waals surface area (Å²) in [6.45, 7) is 5.28. The molecule has 2 rings (SSSR count). The van der Waals surface area contributed by atoms with Crippen LogP contribution in [-0.2, 0) is 10.0 Å². The van der Waals surface area contributed by atoms with Crippen molar-refractivity contribution in [2.24, 2.45) is 0 Å². The average molecular weight is 322 g/mol. The van der Waals surface area contributed by atoms with E-state index in [1.54, 1.807) is 26.8 Å². The lowest BCUT2D eigenvalue weighted by Gasteiger charge is -2.20. The van der Waals surface area contributed by atoms with Gasteiger partial charge in [0.25, 0.3) is 5.91 Å². The van der Waals surface area contributed by atoms with Gasteiger partial charge in [0, 0.05) is 17.2 Å². The number of H-pyrrole nitrogens is 1. The Labute approximate surface area is 129 Å². The van der Waals surface area contributed by atoms with Gasteiger partial charge in [-0.15, -0.1) is 0 Å². The zero-order chi connectivity index (χ0) is 16.4. The highest BCUT2D eigenvalue weighted by molar-refractivity contribution is 7.89. The molecule has 0 atom stereocenters. The second kappa shape index (κ2) is 5.90. The maximum atomic E-state index is 12.2. The first-order valence-electron chi connectivity index (χ1n) is 6.62. The normalized spacial score (nSPS) is 12.1. The maximum Gasteiger partial charge on any atom is 0.256 e. The molecule has 2 aromatic rings. The van der Waals surface area contributed by atoms with Gasteiger partial charge in [0.2, 0.25) is 10.0 Å². The molecular formula is C14H18N4O3S. The van der Waals surface area contributed by atoms with E-state index < -0.39 is 15.6 Å². The van der Waals surface area contributed by atoms with E-state index in [9.17, 15) is 13.2 Å². The molecule has 118 valence electrons. The minimum Gasteiger partial charge on any atom is -0.307 e. The lowest BCUT2D eigenvalue weighted by atomic mass is 10.1.